The van der Waals surface area contributed by atoms with E-state index in [0.29, 0.717) is 10.0 Å². The van der Waals surface area contributed by atoms with Gasteiger partial charge in [-0.2, -0.15) is 5.10 Å². The fourth-order valence-electron chi connectivity index (χ4n) is 1.00. The van der Waals surface area contributed by atoms with E-state index < -0.39 is 6.09 Å². The second kappa shape index (κ2) is 6.61. The van der Waals surface area contributed by atoms with E-state index in [0.717, 1.165) is 4.47 Å². The van der Waals surface area contributed by atoms with Crippen LogP contribution in [0.25, 0.3) is 0 Å². The van der Waals surface area contributed by atoms with E-state index in [1.807, 2.05) is 0 Å². The highest BCUT2D eigenvalue weighted by Crippen LogP contribution is 2.30. The molecular formula is C10H10Br2N2O3. The van der Waals surface area contributed by atoms with E-state index in [-0.39, 0.29) is 12.4 Å². The summed E-state index contributed by atoms with van der Waals surface area (Å²) in [6.07, 6.45) is 0.680. The lowest BCUT2D eigenvalue weighted by atomic mass is 10.2. The second-order valence-corrected chi connectivity index (χ2v) is 4.69. The monoisotopic (exact) mass is 364 g/mol. The number of hydrazone groups is 1. The van der Waals surface area contributed by atoms with Gasteiger partial charge in [-0.15, -0.1) is 0 Å². The van der Waals surface area contributed by atoms with Crippen molar-refractivity contribution in [1.82, 2.24) is 5.43 Å². The number of nitrogens with zero attached hydrogens (tertiary/aromatic N) is 1. The average molecular weight is 366 g/mol. The molecule has 0 aromatic heterocycles. The van der Waals surface area contributed by atoms with Crippen molar-refractivity contribution in [2.45, 2.75) is 6.92 Å². The van der Waals surface area contributed by atoms with Gasteiger partial charge in [0.25, 0.3) is 0 Å². The van der Waals surface area contributed by atoms with E-state index in [9.17, 15) is 9.90 Å². The molecule has 17 heavy (non-hydrogen) atoms. The van der Waals surface area contributed by atoms with Crippen molar-refractivity contribution >= 4 is 44.2 Å². The molecule has 0 aliphatic rings. The van der Waals surface area contributed by atoms with Crippen molar-refractivity contribution < 1.29 is 14.6 Å². The zero-order valence-electron chi connectivity index (χ0n) is 8.91. The Morgan fingerprint density at radius 2 is 2.29 bits per heavy atom. The van der Waals surface area contributed by atoms with E-state index >= 15 is 0 Å². The number of phenolic OH excluding ortho intramolecular Hbond substituents is 1. The fourth-order valence-corrected chi connectivity index (χ4v) is 2.26. The Balaban J connectivity index is 2.74. The zero-order chi connectivity index (χ0) is 12.8. The molecule has 0 aliphatic carbocycles. The molecule has 0 saturated heterocycles. The third kappa shape index (κ3) is 4.35. The van der Waals surface area contributed by atoms with Crippen LogP contribution >= 0.6 is 31.9 Å². The number of aromatic hydroxyl groups is 1. The highest BCUT2D eigenvalue weighted by Gasteiger charge is 2.05. The van der Waals surface area contributed by atoms with Gasteiger partial charge < -0.3 is 9.84 Å². The highest BCUT2D eigenvalue weighted by molar-refractivity contribution is 9.11. The topological polar surface area (TPSA) is 70.9 Å². The molecule has 0 fully saturated rings. The fraction of sp³-hybridized carbons (Fsp3) is 0.200. The first-order valence-corrected chi connectivity index (χ1v) is 6.27. The van der Waals surface area contributed by atoms with Gasteiger partial charge in [-0.1, -0.05) is 15.9 Å². The molecule has 1 amide bonds. The van der Waals surface area contributed by atoms with Crippen LogP contribution in [-0.2, 0) is 4.74 Å². The summed E-state index contributed by atoms with van der Waals surface area (Å²) in [5.74, 6) is 0.0441. The molecule has 0 unspecified atom stereocenters. The molecule has 2 N–H and O–H groups in total. The first-order chi connectivity index (χ1) is 8.04. The van der Waals surface area contributed by atoms with Gasteiger partial charge >= 0.3 is 6.09 Å². The van der Waals surface area contributed by atoms with Gasteiger partial charge in [0.2, 0.25) is 0 Å². The number of carbonyl (C=O) groups is 1. The van der Waals surface area contributed by atoms with Crippen molar-refractivity contribution in [3.8, 4) is 5.75 Å². The number of hydrogen-bond acceptors (Lipinski definition) is 4. The molecule has 0 saturated carbocycles. The van der Waals surface area contributed by atoms with Crippen molar-refractivity contribution in [3.05, 3.63) is 26.6 Å². The van der Waals surface area contributed by atoms with Crippen LogP contribution in [0.15, 0.2) is 26.2 Å². The zero-order valence-corrected chi connectivity index (χ0v) is 12.1. The molecule has 92 valence electrons. The van der Waals surface area contributed by atoms with Gasteiger partial charge in [-0.05, 0) is 35.0 Å². The molecule has 0 bridgehead atoms. The smallest absolute Gasteiger partial charge is 0.427 e. The third-order valence-corrected chi connectivity index (χ3v) is 2.75. The van der Waals surface area contributed by atoms with E-state index in [1.54, 1.807) is 19.1 Å². The predicted molar refractivity (Wildman–Crippen MR) is 71.3 cm³/mol. The summed E-state index contributed by atoms with van der Waals surface area (Å²) < 4.78 is 5.92. The molecule has 0 heterocycles. The summed E-state index contributed by atoms with van der Waals surface area (Å²) in [6, 6.07) is 3.36. The molecule has 0 radical (unpaired) electrons. The highest BCUT2D eigenvalue weighted by atomic mass is 79.9. The van der Waals surface area contributed by atoms with Gasteiger partial charge in [-0.3, -0.25) is 0 Å². The standard InChI is InChI=1S/C10H10Br2N2O3/c1-2-17-10(16)14-13-5-6-3-7(11)4-8(12)9(6)15/h3-5,15H,2H2,1H3,(H,14,16). The Hall–Kier alpha value is -1.08. The molecule has 0 spiro atoms. The number of halogens is 2. The van der Waals surface area contributed by atoms with Crippen molar-refractivity contribution in [3.63, 3.8) is 0 Å². The first kappa shape index (κ1) is 14.0. The van der Waals surface area contributed by atoms with Crippen LogP contribution in [-0.4, -0.2) is 24.0 Å². The summed E-state index contributed by atoms with van der Waals surface area (Å²) in [5.41, 5.74) is 2.63. The van der Waals surface area contributed by atoms with Crippen LogP contribution in [0.5, 0.6) is 5.75 Å². The number of nitrogens with one attached hydrogen (secondary N) is 1. The van der Waals surface area contributed by atoms with Crippen molar-refractivity contribution in [1.29, 1.82) is 0 Å². The molecular weight excluding hydrogens is 356 g/mol. The van der Waals surface area contributed by atoms with Crippen LogP contribution in [0.2, 0.25) is 0 Å². The molecule has 1 aromatic rings. The Morgan fingerprint density at radius 1 is 1.59 bits per heavy atom. The lowest BCUT2D eigenvalue weighted by Gasteiger charge is -2.03. The van der Waals surface area contributed by atoms with Gasteiger partial charge in [0.1, 0.15) is 5.75 Å². The van der Waals surface area contributed by atoms with Crippen LogP contribution in [0.3, 0.4) is 0 Å². The molecule has 1 rings (SSSR count). The summed E-state index contributed by atoms with van der Waals surface area (Å²) >= 11 is 6.47. The Bertz CT molecular complexity index is 449. The second-order valence-electron chi connectivity index (χ2n) is 2.92. The number of carbonyl (C=O) groups excluding carboxylic acids is 1. The van der Waals surface area contributed by atoms with Gasteiger partial charge in [0.15, 0.2) is 0 Å². The summed E-state index contributed by atoms with van der Waals surface area (Å²) in [4.78, 5) is 10.9. The SMILES string of the molecule is CCOC(=O)NN=Cc1cc(Br)cc(Br)c1O. The van der Waals surface area contributed by atoms with Crippen molar-refractivity contribution in [2.24, 2.45) is 5.10 Å². The summed E-state index contributed by atoms with van der Waals surface area (Å²) in [5, 5.41) is 13.3. The van der Waals surface area contributed by atoms with Gasteiger partial charge in [0.05, 0.1) is 17.3 Å². The number of rotatable bonds is 3. The Morgan fingerprint density at radius 3 is 2.94 bits per heavy atom. The third-order valence-electron chi connectivity index (χ3n) is 1.69. The van der Waals surface area contributed by atoms with Gasteiger partial charge in [0, 0.05) is 10.0 Å². The largest absolute Gasteiger partial charge is 0.506 e. The van der Waals surface area contributed by atoms with Crippen LogP contribution in [0.1, 0.15) is 12.5 Å². The molecule has 0 aliphatic heterocycles. The number of ether oxygens (including phenoxy) is 1. The normalized spacial score (nSPS) is 10.5. The number of phenols is 1. The average Bonchev–Trinajstić information content (AvgIpc) is 2.25. The predicted octanol–water partition coefficient (Wildman–Crippen LogP) is 3.00. The van der Waals surface area contributed by atoms with E-state index in [1.165, 1.54) is 6.21 Å². The number of amides is 1. The number of benzene rings is 1. The minimum absolute atomic E-state index is 0.0441. The minimum atomic E-state index is -0.641. The molecule has 7 heteroatoms. The molecule has 1 aromatic carbocycles. The lowest BCUT2D eigenvalue weighted by Crippen LogP contribution is -2.18. The lowest BCUT2D eigenvalue weighted by molar-refractivity contribution is 0.152. The van der Waals surface area contributed by atoms with Crippen LogP contribution < -0.4 is 5.43 Å². The Labute approximate surface area is 115 Å². The van der Waals surface area contributed by atoms with Crippen LogP contribution in [0.4, 0.5) is 4.79 Å². The summed E-state index contributed by atoms with van der Waals surface area (Å²) in [6.45, 7) is 1.97. The van der Waals surface area contributed by atoms with E-state index in [2.05, 4.69) is 47.1 Å². The number of hydrogen-bond donors (Lipinski definition) is 2. The maximum atomic E-state index is 10.9. The Kier molecular flexibility index (Phi) is 5.43. The minimum Gasteiger partial charge on any atom is -0.506 e. The van der Waals surface area contributed by atoms with Gasteiger partial charge in [-0.25, -0.2) is 10.2 Å². The maximum Gasteiger partial charge on any atom is 0.427 e. The molecule has 0 atom stereocenters. The maximum absolute atomic E-state index is 10.9. The quantitative estimate of drug-likeness (QED) is 0.638. The van der Waals surface area contributed by atoms with E-state index in [4.69, 9.17) is 0 Å². The first-order valence-electron chi connectivity index (χ1n) is 4.68. The summed E-state index contributed by atoms with van der Waals surface area (Å²) in [7, 11) is 0. The molecule has 5 nitrogen and oxygen atoms in total. The van der Waals surface area contributed by atoms with Crippen LogP contribution in [0, 0.1) is 0 Å². The van der Waals surface area contributed by atoms with Crippen molar-refractivity contribution in [2.75, 3.05) is 6.61 Å².